The van der Waals surface area contributed by atoms with E-state index < -0.39 is 0 Å². The van der Waals surface area contributed by atoms with Gasteiger partial charge in [-0.3, -0.25) is 9.59 Å². The summed E-state index contributed by atoms with van der Waals surface area (Å²) in [6.07, 6.45) is 0. The highest BCUT2D eigenvalue weighted by atomic mass is 16.1. The van der Waals surface area contributed by atoms with Crippen molar-refractivity contribution >= 4 is 54.7 Å². The summed E-state index contributed by atoms with van der Waals surface area (Å²) in [5, 5.41) is 8.68. The van der Waals surface area contributed by atoms with Crippen molar-refractivity contribution in [1.29, 1.82) is 0 Å². The van der Waals surface area contributed by atoms with Crippen LogP contribution in [0.1, 0.15) is 31.8 Å². The Kier molecular flexibility index (Phi) is 5.24. The van der Waals surface area contributed by atoms with Gasteiger partial charge in [0.2, 0.25) is 0 Å². The third kappa shape index (κ3) is 3.43. The van der Waals surface area contributed by atoms with Gasteiger partial charge in [-0.25, -0.2) is 0 Å². The van der Waals surface area contributed by atoms with E-state index in [1.54, 1.807) is 12.1 Å². The van der Waals surface area contributed by atoms with Gasteiger partial charge in [0.05, 0.1) is 0 Å². The monoisotopic (exact) mass is 560 g/mol. The Morgan fingerprint density at radius 1 is 0.295 bits per heavy atom. The van der Waals surface area contributed by atoms with Crippen molar-refractivity contribution in [3.63, 3.8) is 0 Å². The zero-order valence-corrected chi connectivity index (χ0v) is 23.7. The lowest BCUT2D eigenvalue weighted by atomic mass is 9.78. The maximum Gasteiger partial charge on any atom is 0.195 e. The average molecular weight is 561 g/mol. The molecule has 1 aliphatic carbocycles. The minimum absolute atomic E-state index is 0.0979. The van der Waals surface area contributed by atoms with Gasteiger partial charge in [0.25, 0.3) is 0 Å². The first-order valence-corrected chi connectivity index (χ1v) is 14.9. The number of ketones is 2. The van der Waals surface area contributed by atoms with E-state index in [0.29, 0.717) is 22.3 Å². The van der Waals surface area contributed by atoms with Crippen molar-refractivity contribution < 1.29 is 9.59 Å². The Labute approximate surface area is 253 Å². The Morgan fingerprint density at radius 2 is 0.773 bits per heavy atom. The molecular formula is C42H24O2. The second-order valence-corrected chi connectivity index (χ2v) is 11.5. The summed E-state index contributed by atoms with van der Waals surface area (Å²) in [5.74, 6) is -0.206. The summed E-state index contributed by atoms with van der Waals surface area (Å²) < 4.78 is 0. The maximum absolute atomic E-state index is 14.0. The molecule has 0 saturated heterocycles. The van der Waals surface area contributed by atoms with E-state index in [4.69, 9.17) is 0 Å². The van der Waals surface area contributed by atoms with Crippen molar-refractivity contribution in [2.24, 2.45) is 0 Å². The first kappa shape index (κ1) is 24.7. The van der Waals surface area contributed by atoms with Gasteiger partial charge in [0, 0.05) is 22.3 Å². The van der Waals surface area contributed by atoms with Crippen molar-refractivity contribution in [2.45, 2.75) is 0 Å². The Hall–Kier alpha value is -5.86. The predicted octanol–water partition coefficient (Wildman–Crippen LogP) is 10.4. The molecule has 8 aromatic carbocycles. The normalized spacial score (nSPS) is 12.6. The number of fused-ring (bicyclic) bond motifs is 7. The van der Waals surface area contributed by atoms with Crippen LogP contribution in [0.4, 0.5) is 0 Å². The molecule has 0 N–H and O–H groups in total. The number of hydrogen-bond donors (Lipinski definition) is 0. The summed E-state index contributed by atoms with van der Waals surface area (Å²) in [4.78, 5) is 27.9. The molecule has 0 aliphatic heterocycles. The fraction of sp³-hybridized carbons (Fsp3) is 0. The van der Waals surface area contributed by atoms with E-state index >= 15 is 0 Å². The molecule has 0 atom stereocenters. The highest BCUT2D eigenvalue weighted by Crippen LogP contribution is 2.47. The van der Waals surface area contributed by atoms with Crippen LogP contribution in [0, 0.1) is 0 Å². The highest BCUT2D eigenvalue weighted by Gasteiger charge is 2.32. The maximum atomic E-state index is 14.0. The zero-order valence-electron chi connectivity index (χ0n) is 23.7. The molecule has 0 amide bonds. The van der Waals surface area contributed by atoms with E-state index in [1.807, 2.05) is 36.4 Å². The number of carbonyl (C=O) groups excluding carboxylic acids is 2. The molecule has 0 radical (unpaired) electrons. The predicted molar refractivity (Wildman–Crippen MR) is 181 cm³/mol. The molecule has 0 spiro atoms. The molecular weight excluding hydrogens is 536 g/mol. The van der Waals surface area contributed by atoms with Gasteiger partial charge in [-0.1, -0.05) is 133 Å². The first-order valence-electron chi connectivity index (χ1n) is 14.9. The standard InChI is InChI=1S/C42H24O2/c43-41-34-19-9-10-20-35(34)42(44)40-29-14-4-3-13-28(29)36(24-37(40)41)39-32-17-7-5-15-30(32)38(31-16-6-8-18-33(31)39)27-22-21-25-11-1-2-12-26(25)23-27/h1-24H. The van der Waals surface area contributed by atoms with Crippen LogP contribution < -0.4 is 0 Å². The second-order valence-electron chi connectivity index (χ2n) is 11.5. The third-order valence-electron chi connectivity index (χ3n) is 9.17. The first-order chi connectivity index (χ1) is 21.7. The van der Waals surface area contributed by atoms with Crippen LogP contribution in [0.2, 0.25) is 0 Å². The van der Waals surface area contributed by atoms with Crippen molar-refractivity contribution in [1.82, 2.24) is 0 Å². The van der Waals surface area contributed by atoms with Crippen LogP contribution in [0.5, 0.6) is 0 Å². The molecule has 204 valence electrons. The SMILES string of the molecule is O=C1c2ccccc2C(=O)c2c1cc(-c1c3ccccc3c(-c3ccc4ccccc4c3)c3ccccc13)c1ccccc21. The van der Waals surface area contributed by atoms with Gasteiger partial charge in [-0.2, -0.15) is 0 Å². The van der Waals surface area contributed by atoms with Gasteiger partial charge in [-0.05, 0) is 77.5 Å². The van der Waals surface area contributed by atoms with Gasteiger partial charge in [-0.15, -0.1) is 0 Å². The summed E-state index contributed by atoms with van der Waals surface area (Å²) in [5.41, 5.74) is 6.27. The average Bonchev–Trinajstić information content (AvgIpc) is 3.09. The lowest BCUT2D eigenvalue weighted by Gasteiger charge is -2.23. The van der Waals surface area contributed by atoms with Gasteiger partial charge in [0.15, 0.2) is 11.6 Å². The zero-order chi connectivity index (χ0) is 29.4. The van der Waals surface area contributed by atoms with E-state index in [2.05, 4.69) is 97.1 Å². The molecule has 8 aromatic rings. The van der Waals surface area contributed by atoms with Crippen LogP contribution in [-0.4, -0.2) is 11.6 Å². The van der Waals surface area contributed by atoms with E-state index in [1.165, 1.54) is 16.3 Å². The molecule has 0 aromatic heterocycles. The molecule has 0 heterocycles. The van der Waals surface area contributed by atoms with E-state index in [0.717, 1.165) is 49.0 Å². The lowest BCUT2D eigenvalue weighted by Crippen LogP contribution is -2.21. The highest BCUT2D eigenvalue weighted by molar-refractivity contribution is 6.34. The van der Waals surface area contributed by atoms with Crippen LogP contribution >= 0.6 is 0 Å². The van der Waals surface area contributed by atoms with E-state index in [-0.39, 0.29) is 11.6 Å². The smallest absolute Gasteiger partial charge is 0.195 e. The molecule has 0 bridgehead atoms. The lowest BCUT2D eigenvalue weighted by molar-refractivity contribution is 0.0980. The molecule has 44 heavy (non-hydrogen) atoms. The summed E-state index contributed by atoms with van der Waals surface area (Å²) in [6.45, 7) is 0. The molecule has 0 unspecified atom stereocenters. The quantitative estimate of drug-likeness (QED) is 0.197. The van der Waals surface area contributed by atoms with Crippen LogP contribution in [0.25, 0.3) is 65.3 Å². The fourth-order valence-electron chi connectivity index (χ4n) is 7.24. The molecule has 0 fully saturated rings. The molecule has 1 aliphatic rings. The third-order valence-corrected chi connectivity index (χ3v) is 9.17. The molecule has 0 saturated carbocycles. The summed E-state index contributed by atoms with van der Waals surface area (Å²) in [7, 11) is 0. The summed E-state index contributed by atoms with van der Waals surface area (Å²) >= 11 is 0. The van der Waals surface area contributed by atoms with Crippen LogP contribution in [-0.2, 0) is 0 Å². The number of carbonyl (C=O) groups is 2. The number of rotatable bonds is 2. The number of hydrogen-bond acceptors (Lipinski definition) is 2. The van der Waals surface area contributed by atoms with Crippen molar-refractivity contribution in [3.8, 4) is 22.3 Å². The van der Waals surface area contributed by atoms with Gasteiger partial charge >= 0.3 is 0 Å². The van der Waals surface area contributed by atoms with Gasteiger partial charge < -0.3 is 0 Å². The van der Waals surface area contributed by atoms with Crippen LogP contribution in [0.3, 0.4) is 0 Å². The minimum Gasteiger partial charge on any atom is -0.289 e. The largest absolute Gasteiger partial charge is 0.289 e. The number of benzene rings is 8. The van der Waals surface area contributed by atoms with Gasteiger partial charge in [0.1, 0.15) is 0 Å². The van der Waals surface area contributed by atoms with Crippen molar-refractivity contribution in [2.75, 3.05) is 0 Å². The van der Waals surface area contributed by atoms with E-state index in [9.17, 15) is 9.59 Å². The van der Waals surface area contributed by atoms with Crippen molar-refractivity contribution in [3.05, 3.63) is 168 Å². The Morgan fingerprint density at radius 3 is 1.41 bits per heavy atom. The Balaban J connectivity index is 1.42. The minimum atomic E-state index is -0.108. The fourth-order valence-corrected chi connectivity index (χ4v) is 7.24. The molecule has 9 rings (SSSR count). The van der Waals surface area contributed by atoms with Crippen LogP contribution in [0.15, 0.2) is 146 Å². The Bertz CT molecular complexity index is 2480. The molecule has 2 nitrogen and oxygen atoms in total. The molecule has 2 heteroatoms. The topological polar surface area (TPSA) is 34.1 Å². The summed E-state index contributed by atoms with van der Waals surface area (Å²) in [6, 6.07) is 49.4. The second kappa shape index (κ2) is 9.32.